The Morgan fingerprint density at radius 2 is 2.07 bits per heavy atom. The third-order valence-corrected chi connectivity index (χ3v) is 4.72. The van der Waals surface area contributed by atoms with E-state index in [0.29, 0.717) is 27.9 Å². The Kier molecular flexibility index (Phi) is 5.38. The lowest BCUT2D eigenvalue weighted by Gasteiger charge is -2.14. The Bertz CT molecular complexity index is 1170. The van der Waals surface area contributed by atoms with E-state index < -0.39 is 23.3 Å². The molecule has 1 atom stereocenters. The molecular formula is C19H15ClFN5O2. The summed E-state index contributed by atoms with van der Waals surface area (Å²) < 4.78 is 13.8. The van der Waals surface area contributed by atoms with Crippen LogP contribution in [0.2, 0.25) is 5.02 Å². The molecule has 2 aromatic heterocycles. The SMILES string of the molecule is Cc1c(CC(=O)N[C@H](C)c2ncc(C#N)cn2)c(=O)[nH]c2ccc(F)c(Cl)c12. The van der Waals surface area contributed by atoms with Crippen LogP contribution in [0, 0.1) is 24.1 Å². The largest absolute Gasteiger partial charge is 0.346 e. The Balaban J connectivity index is 1.85. The second-order valence-corrected chi connectivity index (χ2v) is 6.63. The van der Waals surface area contributed by atoms with Crippen molar-refractivity contribution in [2.24, 2.45) is 0 Å². The number of hydrogen-bond acceptors (Lipinski definition) is 5. The van der Waals surface area contributed by atoms with Crippen molar-refractivity contribution >= 4 is 28.4 Å². The summed E-state index contributed by atoms with van der Waals surface area (Å²) in [5, 5.41) is 11.7. The zero-order chi connectivity index (χ0) is 20.4. The van der Waals surface area contributed by atoms with E-state index in [4.69, 9.17) is 16.9 Å². The maximum absolute atomic E-state index is 13.8. The summed E-state index contributed by atoms with van der Waals surface area (Å²) in [5.74, 6) is -0.700. The molecule has 1 aromatic carbocycles. The molecule has 0 radical (unpaired) electrons. The molecule has 0 aliphatic rings. The van der Waals surface area contributed by atoms with E-state index in [1.807, 2.05) is 6.07 Å². The highest BCUT2D eigenvalue weighted by Crippen LogP contribution is 2.28. The van der Waals surface area contributed by atoms with Gasteiger partial charge < -0.3 is 10.3 Å². The van der Waals surface area contributed by atoms with Crippen LogP contribution in [0.3, 0.4) is 0 Å². The minimum absolute atomic E-state index is 0.104. The summed E-state index contributed by atoms with van der Waals surface area (Å²) in [4.78, 5) is 35.5. The molecule has 142 valence electrons. The maximum atomic E-state index is 13.8. The lowest BCUT2D eigenvalue weighted by atomic mass is 10.0. The molecule has 1 amide bonds. The lowest BCUT2D eigenvalue weighted by Crippen LogP contribution is -2.31. The molecule has 0 bridgehead atoms. The molecule has 0 saturated heterocycles. The fourth-order valence-corrected chi connectivity index (χ4v) is 3.20. The van der Waals surface area contributed by atoms with Gasteiger partial charge in [-0.1, -0.05) is 11.6 Å². The van der Waals surface area contributed by atoms with Gasteiger partial charge in [0.2, 0.25) is 5.91 Å². The van der Waals surface area contributed by atoms with Crippen molar-refractivity contribution in [3.8, 4) is 6.07 Å². The highest BCUT2D eigenvalue weighted by atomic mass is 35.5. The molecule has 0 aliphatic heterocycles. The number of benzene rings is 1. The van der Waals surface area contributed by atoms with E-state index in [1.54, 1.807) is 13.8 Å². The number of pyridine rings is 1. The molecule has 28 heavy (non-hydrogen) atoms. The zero-order valence-corrected chi connectivity index (χ0v) is 15.8. The van der Waals surface area contributed by atoms with Gasteiger partial charge in [-0.05, 0) is 31.5 Å². The molecule has 0 saturated carbocycles. The number of rotatable bonds is 4. The normalized spacial score (nSPS) is 11.8. The first-order valence-corrected chi connectivity index (χ1v) is 8.70. The maximum Gasteiger partial charge on any atom is 0.252 e. The third-order valence-electron chi connectivity index (χ3n) is 4.35. The molecule has 0 unspecified atom stereocenters. The van der Waals surface area contributed by atoms with Crippen LogP contribution in [0.5, 0.6) is 0 Å². The van der Waals surface area contributed by atoms with Gasteiger partial charge in [0.1, 0.15) is 17.7 Å². The number of carbonyl (C=O) groups is 1. The minimum atomic E-state index is -0.605. The van der Waals surface area contributed by atoms with Gasteiger partial charge in [-0.25, -0.2) is 14.4 Å². The molecule has 2 N–H and O–H groups in total. The molecule has 2 heterocycles. The van der Waals surface area contributed by atoms with E-state index in [9.17, 15) is 14.0 Å². The molecule has 3 rings (SSSR count). The monoisotopic (exact) mass is 399 g/mol. The van der Waals surface area contributed by atoms with Crippen molar-refractivity contribution < 1.29 is 9.18 Å². The molecule has 0 spiro atoms. The van der Waals surface area contributed by atoms with Crippen LogP contribution < -0.4 is 10.9 Å². The van der Waals surface area contributed by atoms with Crippen molar-refractivity contribution in [3.63, 3.8) is 0 Å². The average Bonchev–Trinajstić information content (AvgIpc) is 2.68. The van der Waals surface area contributed by atoms with Crippen molar-refractivity contribution in [3.05, 3.63) is 68.2 Å². The summed E-state index contributed by atoms with van der Waals surface area (Å²) in [7, 11) is 0. The first kappa shape index (κ1) is 19.5. The van der Waals surface area contributed by atoms with Crippen LogP contribution in [-0.2, 0) is 11.2 Å². The topological polar surface area (TPSA) is 112 Å². The fourth-order valence-electron chi connectivity index (χ4n) is 2.89. The first-order chi connectivity index (χ1) is 13.3. The number of nitriles is 1. The van der Waals surface area contributed by atoms with Gasteiger partial charge in [0.25, 0.3) is 5.56 Å². The zero-order valence-electron chi connectivity index (χ0n) is 15.0. The van der Waals surface area contributed by atoms with Crippen LogP contribution in [0.1, 0.15) is 35.5 Å². The average molecular weight is 400 g/mol. The number of amides is 1. The molecule has 7 nitrogen and oxygen atoms in total. The summed E-state index contributed by atoms with van der Waals surface area (Å²) in [6, 6.07) is 3.99. The van der Waals surface area contributed by atoms with Crippen LogP contribution in [0.25, 0.3) is 10.9 Å². The van der Waals surface area contributed by atoms with Crippen LogP contribution in [0.4, 0.5) is 4.39 Å². The van der Waals surface area contributed by atoms with Crippen molar-refractivity contribution in [1.29, 1.82) is 5.26 Å². The number of hydrogen-bond donors (Lipinski definition) is 2. The Hall–Kier alpha value is -3.31. The molecular weight excluding hydrogens is 385 g/mol. The van der Waals surface area contributed by atoms with Gasteiger partial charge in [0, 0.05) is 23.3 Å². The van der Waals surface area contributed by atoms with Crippen LogP contribution >= 0.6 is 11.6 Å². The van der Waals surface area contributed by atoms with Crippen molar-refractivity contribution in [1.82, 2.24) is 20.3 Å². The van der Waals surface area contributed by atoms with Gasteiger partial charge in [-0.2, -0.15) is 5.26 Å². The number of carbonyl (C=O) groups excluding carboxylic acids is 1. The highest BCUT2D eigenvalue weighted by Gasteiger charge is 2.18. The summed E-state index contributed by atoms with van der Waals surface area (Å²) in [6.45, 7) is 3.31. The number of aromatic nitrogens is 3. The molecule has 0 fully saturated rings. The van der Waals surface area contributed by atoms with Crippen LogP contribution in [0.15, 0.2) is 29.3 Å². The van der Waals surface area contributed by atoms with Gasteiger partial charge in [-0.15, -0.1) is 0 Å². The molecule has 0 aliphatic carbocycles. The Morgan fingerprint density at radius 1 is 1.39 bits per heavy atom. The van der Waals surface area contributed by atoms with Gasteiger partial charge >= 0.3 is 0 Å². The number of halogens is 2. The van der Waals surface area contributed by atoms with E-state index >= 15 is 0 Å². The first-order valence-electron chi connectivity index (χ1n) is 8.32. The van der Waals surface area contributed by atoms with Gasteiger partial charge in [0.05, 0.1) is 28.6 Å². The standard InChI is InChI=1S/C19H15ClFN5O2/c1-9-12(19(28)26-14-4-3-13(21)17(20)16(9)14)5-15(27)25-10(2)18-23-7-11(6-22)8-24-18/h3-4,7-8,10H,5H2,1-2H3,(H,25,27)(H,26,28)/t10-/m1/s1. The number of H-pyrrole nitrogens is 1. The third kappa shape index (κ3) is 3.70. The lowest BCUT2D eigenvalue weighted by molar-refractivity contribution is -0.121. The fraction of sp³-hybridized carbons (Fsp3) is 0.211. The predicted molar refractivity (Wildman–Crippen MR) is 101 cm³/mol. The van der Waals surface area contributed by atoms with Crippen LogP contribution in [-0.4, -0.2) is 20.9 Å². The summed E-state index contributed by atoms with van der Waals surface area (Å²) in [5.41, 5.74) is 0.915. The smallest absolute Gasteiger partial charge is 0.252 e. The van der Waals surface area contributed by atoms with Crippen molar-refractivity contribution in [2.45, 2.75) is 26.3 Å². The van der Waals surface area contributed by atoms with E-state index in [0.717, 1.165) is 0 Å². The van der Waals surface area contributed by atoms with Gasteiger partial charge in [-0.3, -0.25) is 9.59 Å². The number of nitrogens with zero attached hydrogens (tertiary/aromatic N) is 3. The van der Waals surface area contributed by atoms with E-state index in [2.05, 4.69) is 20.3 Å². The number of aromatic amines is 1. The van der Waals surface area contributed by atoms with Crippen molar-refractivity contribution in [2.75, 3.05) is 0 Å². The molecule has 3 aromatic rings. The van der Waals surface area contributed by atoms with E-state index in [1.165, 1.54) is 24.5 Å². The summed E-state index contributed by atoms with van der Waals surface area (Å²) in [6.07, 6.45) is 2.50. The predicted octanol–water partition coefficient (Wildman–Crippen LogP) is 2.71. The highest BCUT2D eigenvalue weighted by molar-refractivity contribution is 6.35. The number of nitrogens with one attached hydrogen (secondary N) is 2. The van der Waals surface area contributed by atoms with Gasteiger partial charge in [0.15, 0.2) is 0 Å². The van der Waals surface area contributed by atoms with E-state index in [-0.39, 0.29) is 17.0 Å². The Labute approximate surface area is 164 Å². The number of fused-ring (bicyclic) bond motifs is 1. The quantitative estimate of drug-likeness (QED) is 0.700. The molecule has 9 heteroatoms. The Morgan fingerprint density at radius 3 is 2.71 bits per heavy atom. The summed E-state index contributed by atoms with van der Waals surface area (Å²) >= 11 is 6.04. The second-order valence-electron chi connectivity index (χ2n) is 6.25. The second kappa shape index (κ2) is 7.74. The number of aryl methyl sites for hydroxylation is 1. The minimum Gasteiger partial charge on any atom is -0.346 e.